The van der Waals surface area contributed by atoms with Gasteiger partial charge in [0.25, 0.3) is 0 Å². The maximum Gasteiger partial charge on any atom is 0.128 e. The van der Waals surface area contributed by atoms with Gasteiger partial charge in [0.2, 0.25) is 0 Å². The largest absolute Gasteiger partial charge is 0.507 e. The van der Waals surface area contributed by atoms with Crippen LogP contribution >= 0.6 is 0 Å². The van der Waals surface area contributed by atoms with Gasteiger partial charge < -0.3 is 14.9 Å². The average molecular weight is 460 g/mol. The number of morpholine rings is 1. The molecule has 0 radical (unpaired) electrons. The lowest BCUT2D eigenvalue weighted by molar-refractivity contribution is 0.0235. The zero-order valence-electron chi connectivity index (χ0n) is 19.2. The Balaban J connectivity index is 1.92. The van der Waals surface area contributed by atoms with Crippen LogP contribution < -0.4 is 0 Å². The third kappa shape index (κ3) is 5.06. The van der Waals surface area contributed by atoms with Crippen LogP contribution in [0.5, 0.6) is 11.5 Å². The van der Waals surface area contributed by atoms with Crippen molar-refractivity contribution in [3.63, 3.8) is 0 Å². The van der Waals surface area contributed by atoms with Crippen molar-refractivity contribution in [1.82, 2.24) is 4.90 Å². The molecule has 0 aromatic heterocycles. The fraction of sp³-hybridized carbons (Fsp3) is 0.241. The van der Waals surface area contributed by atoms with Gasteiger partial charge in [-0.1, -0.05) is 30.4 Å². The van der Waals surface area contributed by atoms with E-state index in [1.807, 2.05) is 30.3 Å². The summed E-state index contributed by atoms with van der Waals surface area (Å²) in [5.41, 5.74) is 4.65. The second-order valence-electron chi connectivity index (χ2n) is 8.52. The van der Waals surface area contributed by atoms with Crippen LogP contribution in [0.15, 0.2) is 79.9 Å². The fourth-order valence-electron chi connectivity index (χ4n) is 4.58. The SMILES string of the molecule is C=CCc1ccc(O)c(-c2cc(CC=C)cc(C(c3ccc(F)cc3)N3CCOCC3)c2O)c1. The van der Waals surface area contributed by atoms with Crippen LogP contribution in [0.2, 0.25) is 0 Å². The second-order valence-corrected chi connectivity index (χ2v) is 8.52. The number of nitrogens with zero attached hydrogens (tertiary/aromatic N) is 1. The molecule has 2 N–H and O–H groups in total. The molecule has 1 saturated heterocycles. The third-order valence-electron chi connectivity index (χ3n) is 6.20. The van der Waals surface area contributed by atoms with E-state index in [1.54, 1.807) is 24.3 Å². The standard InChI is InChI=1S/C29H30FNO3/c1-3-5-20-7-12-27(32)24(17-20)25-18-21(6-4-2)19-26(29(25)33)28(31-13-15-34-16-14-31)22-8-10-23(30)11-9-22/h3-4,7-12,17-19,28,32-33H,1-2,5-6,13-16H2. The molecule has 0 bridgehead atoms. The van der Waals surface area contributed by atoms with Gasteiger partial charge in [0, 0.05) is 29.8 Å². The van der Waals surface area contributed by atoms with Crippen molar-refractivity contribution in [3.05, 3.63) is 108 Å². The quantitative estimate of drug-likeness (QED) is 0.419. The summed E-state index contributed by atoms with van der Waals surface area (Å²) in [7, 11) is 0. The zero-order valence-corrected chi connectivity index (χ0v) is 19.2. The zero-order chi connectivity index (χ0) is 24.1. The summed E-state index contributed by atoms with van der Waals surface area (Å²) in [5, 5.41) is 22.3. The monoisotopic (exact) mass is 459 g/mol. The summed E-state index contributed by atoms with van der Waals surface area (Å²) in [6.07, 6.45) is 4.88. The molecule has 1 fully saturated rings. The lowest BCUT2D eigenvalue weighted by Crippen LogP contribution is -2.39. The summed E-state index contributed by atoms with van der Waals surface area (Å²) in [6, 6.07) is 15.4. The van der Waals surface area contributed by atoms with E-state index in [0.29, 0.717) is 55.8 Å². The number of hydrogen-bond acceptors (Lipinski definition) is 4. The van der Waals surface area contributed by atoms with Crippen molar-refractivity contribution < 1.29 is 19.3 Å². The third-order valence-corrected chi connectivity index (χ3v) is 6.20. The predicted molar refractivity (Wildman–Crippen MR) is 134 cm³/mol. The Kier molecular flexibility index (Phi) is 7.46. The van der Waals surface area contributed by atoms with Crippen molar-refractivity contribution in [2.24, 2.45) is 0 Å². The van der Waals surface area contributed by atoms with Gasteiger partial charge in [-0.3, -0.25) is 4.90 Å². The first-order valence-corrected chi connectivity index (χ1v) is 11.5. The molecule has 5 heteroatoms. The van der Waals surface area contributed by atoms with Gasteiger partial charge in [-0.25, -0.2) is 4.39 Å². The minimum atomic E-state index is -0.307. The molecule has 4 rings (SSSR count). The van der Waals surface area contributed by atoms with Crippen molar-refractivity contribution in [1.29, 1.82) is 0 Å². The maximum absolute atomic E-state index is 13.7. The minimum absolute atomic E-state index is 0.0921. The number of rotatable bonds is 8. The van der Waals surface area contributed by atoms with Crippen LogP contribution in [0.3, 0.4) is 0 Å². The van der Waals surface area contributed by atoms with Crippen molar-refractivity contribution in [2.45, 2.75) is 18.9 Å². The van der Waals surface area contributed by atoms with E-state index in [0.717, 1.165) is 16.7 Å². The van der Waals surface area contributed by atoms with Gasteiger partial charge in [0.1, 0.15) is 17.3 Å². The topological polar surface area (TPSA) is 52.9 Å². The Morgan fingerprint density at radius 1 is 0.882 bits per heavy atom. The lowest BCUT2D eigenvalue weighted by atomic mass is 9.89. The van der Waals surface area contributed by atoms with E-state index < -0.39 is 0 Å². The van der Waals surface area contributed by atoms with Gasteiger partial charge in [0.05, 0.1) is 19.3 Å². The number of ether oxygens (including phenoxy) is 1. The number of benzene rings is 3. The Morgan fingerprint density at radius 2 is 1.53 bits per heavy atom. The summed E-state index contributed by atoms with van der Waals surface area (Å²) in [5.74, 6) is -0.118. The normalized spacial score (nSPS) is 15.1. The minimum Gasteiger partial charge on any atom is -0.507 e. The first kappa shape index (κ1) is 23.7. The number of allylic oxidation sites excluding steroid dienone is 2. The molecule has 0 amide bonds. The predicted octanol–water partition coefficient (Wildman–Crippen LogP) is 5.78. The molecule has 0 saturated carbocycles. The molecule has 4 nitrogen and oxygen atoms in total. The van der Waals surface area contributed by atoms with Crippen LogP contribution in [0, 0.1) is 5.82 Å². The summed E-state index contributed by atoms with van der Waals surface area (Å²) in [4.78, 5) is 2.24. The molecule has 176 valence electrons. The summed E-state index contributed by atoms with van der Waals surface area (Å²) < 4.78 is 19.3. The smallest absolute Gasteiger partial charge is 0.128 e. The Hall–Kier alpha value is -3.41. The highest BCUT2D eigenvalue weighted by atomic mass is 19.1. The first-order valence-electron chi connectivity index (χ1n) is 11.5. The second kappa shape index (κ2) is 10.7. The lowest BCUT2D eigenvalue weighted by Gasteiger charge is -2.36. The molecule has 3 aromatic rings. The van der Waals surface area contributed by atoms with E-state index >= 15 is 0 Å². The molecular weight excluding hydrogens is 429 g/mol. The van der Waals surface area contributed by atoms with Crippen molar-refractivity contribution in [3.8, 4) is 22.6 Å². The fourth-order valence-corrected chi connectivity index (χ4v) is 4.58. The number of hydrogen-bond donors (Lipinski definition) is 2. The molecule has 34 heavy (non-hydrogen) atoms. The number of aromatic hydroxyl groups is 2. The average Bonchev–Trinajstić information content (AvgIpc) is 2.84. The number of halogens is 1. The Morgan fingerprint density at radius 3 is 2.21 bits per heavy atom. The van der Waals surface area contributed by atoms with Gasteiger partial charge >= 0.3 is 0 Å². The van der Waals surface area contributed by atoms with Crippen LogP contribution in [-0.2, 0) is 17.6 Å². The van der Waals surface area contributed by atoms with E-state index in [-0.39, 0.29) is 23.4 Å². The van der Waals surface area contributed by atoms with Crippen molar-refractivity contribution in [2.75, 3.05) is 26.3 Å². The molecule has 0 aliphatic carbocycles. The Labute approximate surface area is 200 Å². The van der Waals surface area contributed by atoms with Crippen LogP contribution in [0.1, 0.15) is 28.3 Å². The maximum atomic E-state index is 13.7. The molecule has 1 atom stereocenters. The van der Waals surface area contributed by atoms with E-state index in [2.05, 4.69) is 18.1 Å². The van der Waals surface area contributed by atoms with Crippen LogP contribution in [-0.4, -0.2) is 41.4 Å². The summed E-state index contributed by atoms with van der Waals surface area (Å²) >= 11 is 0. The molecule has 1 aliphatic heterocycles. The van der Waals surface area contributed by atoms with Gasteiger partial charge in [-0.05, 0) is 65.9 Å². The van der Waals surface area contributed by atoms with Gasteiger partial charge in [-0.15, -0.1) is 13.2 Å². The molecule has 1 heterocycles. The van der Waals surface area contributed by atoms with E-state index in [1.165, 1.54) is 12.1 Å². The van der Waals surface area contributed by atoms with E-state index in [9.17, 15) is 14.6 Å². The van der Waals surface area contributed by atoms with Crippen LogP contribution in [0.25, 0.3) is 11.1 Å². The Bertz CT molecular complexity index is 1170. The summed E-state index contributed by atoms with van der Waals surface area (Å²) in [6.45, 7) is 10.2. The van der Waals surface area contributed by atoms with Gasteiger partial charge in [-0.2, -0.15) is 0 Å². The van der Waals surface area contributed by atoms with Gasteiger partial charge in [0.15, 0.2) is 0 Å². The number of phenolic OH excluding ortho intramolecular Hbond substituents is 2. The molecule has 1 aliphatic rings. The first-order chi connectivity index (χ1) is 16.5. The highest BCUT2D eigenvalue weighted by molar-refractivity contribution is 5.78. The highest BCUT2D eigenvalue weighted by Crippen LogP contribution is 2.44. The van der Waals surface area contributed by atoms with E-state index in [4.69, 9.17) is 4.74 Å². The highest BCUT2D eigenvalue weighted by Gasteiger charge is 2.29. The van der Waals surface area contributed by atoms with Crippen molar-refractivity contribution >= 4 is 0 Å². The number of phenols is 2. The van der Waals surface area contributed by atoms with Crippen LogP contribution in [0.4, 0.5) is 4.39 Å². The molecule has 0 spiro atoms. The molecular formula is C29H30FNO3. The molecule has 1 unspecified atom stereocenters. The molecule has 3 aromatic carbocycles.